The summed E-state index contributed by atoms with van der Waals surface area (Å²) < 4.78 is 9.79. The van der Waals surface area contributed by atoms with Crippen molar-refractivity contribution in [3.05, 3.63) is 0 Å². The highest BCUT2D eigenvalue weighted by Gasteiger charge is 2.61. The summed E-state index contributed by atoms with van der Waals surface area (Å²) in [4.78, 5) is 36.1. The second-order valence-electron chi connectivity index (χ2n) is 6.31. The molecule has 2 fully saturated rings. The molecule has 5 heteroatoms. The molecule has 0 bridgehead atoms. The number of ether oxygens (including phenoxy) is 2. The SMILES string of the molecule is COC(=O)C[C@H]1CCOC(=O)[C@@]12CC(C)(C)CC2=O. The van der Waals surface area contributed by atoms with Crippen molar-refractivity contribution in [2.45, 2.75) is 39.5 Å². The number of carbonyl (C=O) groups is 3. The number of methoxy groups -OCH3 is 1. The van der Waals surface area contributed by atoms with E-state index in [1.54, 1.807) is 0 Å². The van der Waals surface area contributed by atoms with Crippen LogP contribution >= 0.6 is 0 Å². The average molecular weight is 268 g/mol. The lowest BCUT2D eigenvalue weighted by atomic mass is 9.67. The molecule has 2 rings (SSSR count). The van der Waals surface area contributed by atoms with Crippen molar-refractivity contribution in [3.8, 4) is 0 Å². The van der Waals surface area contributed by atoms with Gasteiger partial charge in [0.05, 0.1) is 13.7 Å². The molecule has 1 spiro atoms. The third-order valence-corrected chi connectivity index (χ3v) is 4.30. The van der Waals surface area contributed by atoms with Crippen LogP contribution in [0.15, 0.2) is 0 Å². The van der Waals surface area contributed by atoms with Crippen LogP contribution in [0.5, 0.6) is 0 Å². The van der Waals surface area contributed by atoms with E-state index in [-0.39, 0.29) is 36.1 Å². The van der Waals surface area contributed by atoms with Crippen LogP contribution in [0.3, 0.4) is 0 Å². The van der Waals surface area contributed by atoms with Gasteiger partial charge in [-0.05, 0) is 24.2 Å². The van der Waals surface area contributed by atoms with Gasteiger partial charge in [0, 0.05) is 12.8 Å². The predicted molar refractivity (Wildman–Crippen MR) is 66.2 cm³/mol. The summed E-state index contributed by atoms with van der Waals surface area (Å²) >= 11 is 0. The van der Waals surface area contributed by atoms with Gasteiger partial charge in [-0.1, -0.05) is 13.8 Å². The van der Waals surface area contributed by atoms with E-state index in [2.05, 4.69) is 4.74 Å². The van der Waals surface area contributed by atoms with Crippen LogP contribution in [0.2, 0.25) is 0 Å². The normalized spacial score (nSPS) is 33.3. The van der Waals surface area contributed by atoms with E-state index in [9.17, 15) is 14.4 Å². The molecule has 2 aliphatic rings. The van der Waals surface area contributed by atoms with Crippen LogP contribution in [0, 0.1) is 16.7 Å². The molecular formula is C14H20O5. The van der Waals surface area contributed by atoms with E-state index in [4.69, 9.17) is 4.74 Å². The lowest BCUT2D eigenvalue weighted by molar-refractivity contribution is -0.173. The molecule has 106 valence electrons. The fraction of sp³-hybridized carbons (Fsp3) is 0.786. The second kappa shape index (κ2) is 4.62. The highest BCUT2D eigenvalue weighted by Crippen LogP contribution is 2.54. The standard InChI is InChI=1S/C14H20O5/c1-13(2)7-10(15)14(8-13)9(6-11(16)18-3)4-5-19-12(14)17/h9H,4-8H2,1-3H3/t9-,14+/m1/s1. The molecule has 0 aromatic rings. The Kier molecular flexibility index (Phi) is 3.41. The van der Waals surface area contributed by atoms with Crippen LogP contribution in [0.4, 0.5) is 0 Å². The van der Waals surface area contributed by atoms with Gasteiger partial charge in [0.25, 0.3) is 0 Å². The van der Waals surface area contributed by atoms with Crippen molar-refractivity contribution in [2.24, 2.45) is 16.7 Å². The summed E-state index contributed by atoms with van der Waals surface area (Å²) in [7, 11) is 1.32. The molecule has 0 aromatic heterocycles. The van der Waals surface area contributed by atoms with E-state index in [0.717, 1.165) is 0 Å². The molecule has 0 N–H and O–H groups in total. The van der Waals surface area contributed by atoms with Crippen LogP contribution in [-0.2, 0) is 23.9 Å². The maximum absolute atomic E-state index is 12.4. The largest absolute Gasteiger partial charge is 0.469 e. The van der Waals surface area contributed by atoms with Gasteiger partial charge in [0.1, 0.15) is 5.41 Å². The molecule has 1 saturated heterocycles. The monoisotopic (exact) mass is 268 g/mol. The van der Waals surface area contributed by atoms with Gasteiger partial charge in [0.15, 0.2) is 5.78 Å². The molecule has 1 aliphatic carbocycles. The first-order valence-corrected chi connectivity index (χ1v) is 6.59. The smallest absolute Gasteiger partial charge is 0.319 e. The first kappa shape index (κ1) is 14.0. The predicted octanol–water partition coefficient (Wildman–Crippen LogP) is 1.49. The molecule has 0 radical (unpaired) electrons. The van der Waals surface area contributed by atoms with Crippen molar-refractivity contribution < 1.29 is 23.9 Å². The van der Waals surface area contributed by atoms with Crippen LogP contribution in [-0.4, -0.2) is 31.4 Å². The number of cyclic esters (lactones) is 1. The Balaban J connectivity index is 2.33. The number of rotatable bonds is 2. The molecule has 0 amide bonds. The Morgan fingerprint density at radius 2 is 2.11 bits per heavy atom. The minimum Gasteiger partial charge on any atom is -0.469 e. The molecule has 1 aliphatic heterocycles. The quantitative estimate of drug-likeness (QED) is 0.560. The Morgan fingerprint density at radius 3 is 2.63 bits per heavy atom. The van der Waals surface area contributed by atoms with E-state index >= 15 is 0 Å². The Labute approximate surface area is 112 Å². The highest BCUT2D eigenvalue weighted by atomic mass is 16.5. The number of hydrogen-bond donors (Lipinski definition) is 0. The van der Waals surface area contributed by atoms with Crippen LogP contribution in [0.25, 0.3) is 0 Å². The number of Topliss-reactive ketones (excluding diaryl/α,β-unsaturated/α-hetero) is 1. The second-order valence-corrected chi connectivity index (χ2v) is 6.31. The van der Waals surface area contributed by atoms with Crippen molar-refractivity contribution >= 4 is 17.7 Å². The molecule has 2 atom stereocenters. The maximum Gasteiger partial charge on any atom is 0.319 e. The van der Waals surface area contributed by atoms with Crippen LogP contribution < -0.4 is 0 Å². The topological polar surface area (TPSA) is 69.7 Å². The number of esters is 2. The molecule has 1 saturated carbocycles. The van der Waals surface area contributed by atoms with Gasteiger partial charge in [0.2, 0.25) is 0 Å². The summed E-state index contributed by atoms with van der Waals surface area (Å²) in [5, 5.41) is 0. The maximum atomic E-state index is 12.4. The lowest BCUT2D eigenvalue weighted by Gasteiger charge is -2.38. The van der Waals surface area contributed by atoms with E-state index in [0.29, 0.717) is 19.3 Å². The molecule has 5 nitrogen and oxygen atoms in total. The first-order valence-electron chi connectivity index (χ1n) is 6.59. The first-order chi connectivity index (χ1) is 8.82. The van der Waals surface area contributed by atoms with Gasteiger partial charge in [-0.3, -0.25) is 14.4 Å². The fourth-order valence-corrected chi connectivity index (χ4v) is 3.46. The van der Waals surface area contributed by atoms with E-state index < -0.39 is 11.4 Å². The minimum absolute atomic E-state index is 0.0869. The zero-order valence-corrected chi connectivity index (χ0v) is 11.7. The summed E-state index contributed by atoms with van der Waals surface area (Å²) in [6.45, 7) is 4.21. The van der Waals surface area contributed by atoms with Gasteiger partial charge >= 0.3 is 11.9 Å². The van der Waals surface area contributed by atoms with Gasteiger partial charge < -0.3 is 9.47 Å². The fourth-order valence-electron chi connectivity index (χ4n) is 3.46. The number of ketones is 1. The molecule has 19 heavy (non-hydrogen) atoms. The zero-order valence-electron chi connectivity index (χ0n) is 11.7. The number of carbonyl (C=O) groups excluding carboxylic acids is 3. The van der Waals surface area contributed by atoms with Crippen molar-refractivity contribution in [3.63, 3.8) is 0 Å². The van der Waals surface area contributed by atoms with Crippen molar-refractivity contribution in [1.29, 1.82) is 0 Å². The van der Waals surface area contributed by atoms with Crippen molar-refractivity contribution in [1.82, 2.24) is 0 Å². The summed E-state index contributed by atoms with van der Waals surface area (Å²) in [5.74, 6) is -1.22. The van der Waals surface area contributed by atoms with Gasteiger partial charge in [-0.15, -0.1) is 0 Å². The molecule has 0 aromatic carbocycles. The molecular weight excluding hydrogens is 248 g/mol. The van der Waals surface area contributed by atoms with Crippen LogP contribution in [0.1, 0.15) is 39.5 Å². The van der Waals surface area contributed by atoms with Crippen molar-refractivity contribution in [2.75, 3.05) is 13.7 Å². The molecule has 0 unspecified atom stereocenters. The Bertz CT molecular complexity index is 426. The number of hydrogen-bond acceptors (Lipinski definition) is 5. The van der Waals surface area contributed by atoms with Gasteiger partial charge in [-0.2, -0.15) is 0 Å². The van der Waals surface area contributed by atoms with Gasteiger partial charge in [-0.25, -0.2) is 0 Å². The molecule has 1 heterocycles. The summed E-state index contributed by atoms with van der Waals surface area (Å²) in [6, 6.07) is 0. The van der Waals surface area contributed by atoms with E-state index in [1.807, 2.05) is 13.8 Å². The Hall–Kier alpha value is -1.39. The summed E-state index contributed by atoms with van der Waals surface area (Å²) in [6.07, 6.45) is 1.47. The minimum atomic E-state index is -1.13. The third-order valence-electron chi connectivity index (χ3n) is 4.30. The Morgan fingerprint density at radius 1 is 1.42 bits per heavy atom. The summed E-state index contributed by atoms with van der Waals surface area (Å²) in [5.41, 5.74) is -1.35. The average Bonchev–Trinajstić information content (AvgIpc) is 2.56. The lowest BCUT2D eigenvalue weighted by Crippen LogP contribution is -2.48. The highest BCUT2D eigenvalue weighted by molar-refractivity contribution is 6.06. The van der Waals surface area contributed by atoms with E-state index in [1.165, 1.54) is 7.11 Å². The third kappa shape index (κ3) is 2.26. The zero-order chi connectivity index (χ0) is 14.3.